The normalized spacial score (nSPS) is 28.9. The summed E-state index contributed by atoms with van der Waals surface area (Å²) in [6.45, 7) is 4.50. The van der Waals surface area contributed by atoms with Gasteiger partial charge in [-0.15, -0.1) is 11.8 Å². The molecule has 2 unspecified atom stereocenters. The lowest BCUT2D eigenvalue weighted by Gasteiger charge is -2.07. The summed E-state index contributed by atoms with van der Waals surface area (Å²) < 4.78 is 0. The lowest BCUT2D eigenvalue weighted by atomic mass is 10.0. The first-order valence-corrected chi connectivity index (χ1v) is 6.20. The molecule has 76 valence electrons. The van der Waals surface area contributed by atoms with E-state index in [9.17, 15) is 0 Å². The van der Waals surface area contributed by atoms with E-state index in [1.807, 2.05) is 11.8 Å². The fraction of sp³-hybridized carbons (Fsp3) is 0.500. The zero-order chi connectivity index (χ0) is 10.3. The summed E-state index contributed by atoms with van der Waals surface area (Å²) in [4.78, 5) is 1.37. The van der Waals surface area contributed by atoms with E-state index in [0.717, 1.165) is 0 Å². The molecule has 1 aromatic carbocycles. The maximum absolute atomic E-state index is 6.09. The van der Waals surface area contributed by atoms with Gasteiger partial charge < -0.3 is 5.73 Å². The zero-order valence-electron chi connectivity index (χ0n) is 8.95. The number of benzene rings is 1. The number of hydrogen-bond donors (Lipinski definition) is 1. The predicted molar refractivity (Wildman–Crippen MR) is 62.7 cm³/mol. The van der Waals surface area contributed by atoms with Crippen LogP contribution in [-0.4, -0.2) is 12.3 Å². The van der Waals surface area contributed by atoms with Crippen LogP contribution in [0.15, 0.2) is 29.2 Å². The van der Waals surface area contributed by atoms with E-state index in [1.54, 1.807) is 0 Å². The van der Waals surface area contributed by atoms with Crippen molar-refractivity contribution in [2.24, 2.45) is 11.1 Å². The first kappa shape index (κ1) is 10.1. The smallest absolute Gasteiger partial charge is 0.0172 e. The Hall–Kier alpha value is -0.470. The third kappa shape index (κ3) is 1.37. The first-order chi connectivity index (χ1) is 6.59. The summed E-state index contributed by atoms with van der Waals surface area (Å²) in [7, 11) is 0. The van der Waals surface area contributed by atoms with Gasteiger partial charge in [-0.25, -0.2) is 0 Å². The minimum atomic E-state index is 0.284. The molecular formula is C12H17NS. The van der Waals surface area contributed by atoms with Crippen LogP contribution < -0.4 is 5.73 Å². The molecular weight excluding hydrogens is 190 g/mol. The van der Waals surface area contributed by atoms with Gasteiger partial charge >= 0.3 is 0 Å². The Morgan fingerprint density at radius 3 is 2.36 bits per heavy atom. The van der Waals surface area contributed by atoms with E-state index in [1.165, 1.54) is 10.5 Å². The highest BCUT2D eigenvalue weighted by Crippen LogP contribution is 2.58. The highest BCUT2D eigenvalue weighted by Gasteiger charge is 2.56. The zero-order valence-corrected chi connectivity index (χ0v) is 9.77. The first-order valence-electron chi connectivity index (χ1n) is 4.97. The Morgan fingerprint density at radius 1 is 1.29 bits per heavy atom. The van der Waals surface area contributed by atoms with Crippen molar-refractivity contribution in [1.82, 2.24) is 0 Å². The molecule has 0 aliphatic heterocycles. The third-order valence-electron chi connectivity index (χ3n) is 3.38. The molecule has 0 heterocycles. The summed E-state index contributed by atoms with van der Waals surface area (Å²) in [5.74, 6) is 0.547. The van der Waals surface area contributed by atoms with Gasteiger partial charge in [0, 0.05) is 16.9 Å². The molecule has 0 bridgehead atoms. The van der Waals surface area contributed by atoms with E-state index < -0.39 is 0 Å². The van der Waals surface area contributed by atoms with Gasteiger partial charge in [0.05, 0.1) is 0 Å². The van der Waals surface area contributed by atoms with Crippen LogP contribution in [0.25, 0.3) is 0 Å². The van der Waals surface area contributed by atoms with Gasteiger partial charge in [-0.1, -0.05) is 32.0 Å². The van der Waals surface area contributed by atoms with Gasteiger partial charge in [0.15, 0.2) is 0 Å². The third-order valence-corrected chi connectivity index (χ3v) is 4.20. The van der Waals surface area contributed by atoms with Crippen LogP contribution >= 0.6 is 11.8 Å². The maximum Gasteiger partial charge on any atom is 0.0172 e. The molecule has 1 aromatic rings. The second-order valence-electron chi connectivity index (χ2n) is 4.57. The van der Waals surface area contributed by atoms with Crippen molar-refractivity contribution in [1.29, 1.82) is 0 Å². The Morgan fingerprint density at radius 2 is 1.86 bits per heavy atom. The number of hydrogen-bond acceptors (Lipinski definition) is 2. The molecule has 1 aliphatic carbocycles. The predicted octanol–water partition coefficient (Wildman–Crippen LogP) is 2.86. The van der Waals surface area contributed by atoms with Crippen molar-refractivity contribution in [3.05, 3.63) is 29.8 Å². The number of thioether (sulfide) groups is 1. The van der Waals surface area contributed by atoms with Crippen molar-refractivity contribution in [2.45, 2.75) is 30.7 Å². The summed E-state index contributed by atoms with van der Waals surface area (Å²) >= 11 is 1.81. The Labute approximate surface area is 90.1 Å². The van der Waals surface area contributed by atoms with Gasteiger partial charge in [-0.2, -0.15) is 0 Å². The van der Waals surface area contributed by atoms with E-state index in [2.05, 4.69) is 44.4 Å². The second-order valence-corrected chi connectivity index (χ2v) is 5.41. The monoisotopic (exact) mass is 207 g/mol. The SMILES string of the molecule is CSc1ccccc1C1C(N)C1(C)C. The summed E-state index contributed by atoms with van der Waals surface area (Å²) in [6, 6.07) is 8.93. The second kappa shape index (κ2) is 3.28. The van der Waals surface area contributed by atoms with E-state index >= 15 is 0 Å². The quantitative estimate of drug-likeness (QED) is 0.755. The van der Waals surface area contributed by atoms with Crippen molar-refractivity contribution >= 4 is 11.8 Å². The van der Waals surface area contributed by atoms with Crippen molar-refractivity contribution in [3.63, 3.8) is 0 Å². The number of rotatable bonds is 2. The van der Waals surface area contributed by atoms with Crippen LogP contribution in [0, 0.1) is 5.41 Å². The molecule has 1 saturated carbocycles. The van der Waals surface area contributed by atoms with E-state index in [-0.39, 0.29) is 5.41 Å². The molecule has 1 aliphatic rings. The molecule has 14 heavy (non-hydrogen) atoms. The Balaban J connectivity index is 2.34. The Bertz CT molecular complexity index is 346. The molecule has 0 spiro atoms. The maximum atomic E-state index is 6.09. The van der Waals surface area contributed by atoms with Crippen LogP contribution in [-0.2, 0) is 0 Å². The fourth-order valence-corrected chi connectivity index (χ4v) is 2.84. The molecule has 2 atom stereocenters. The molecule has 1 fully saturated rings. The van der Waals surface area contributed by atoms with Gasteiger partial charge in [0.25, 0.3) is 0 Å². The van der Waals surface area contributed by atoms with Crippen LogP contribution in [0.3, 0.4) is 0 Å². The largest absolute Gasteiger partial charge is 0.327 e. The minimum Gasteiger partial charge on any atom is -0.327 e. The van der Waals surface area contributed by atoms with Crippen LogP contribution in [0.2, 0.25) is 0 Å². The minimum absolute atomic E-state index is 0.284. The van der Waals surface area contributed by atoms with E-state index in [4.69, 9.17) is 5.73 Å². The Kier molecular flexibility index (Phi) is 2.36. The number of nitrogens with two attached hydrogens (primary N) is 1. The van der Waals surface area contributed by atoms with Gasteiger partial charge in [0.1, 0.15) is 0 Å². The molecule has 0 saturated heterocycles. The lowest BCUT2D eigenvalue weighted by molar-refractivity contribution is 0.597. The van der Waals surface area contributed by atoms with Gasteiger partial charge in [-0.3, -0.25) is 0 Å². The van der Waals surface area contributed by atoms with Crippen LogP contribution in [0.1, 0.15) is 25.3 Å². The van der Waals surface area contributed by atoms with E-state index in [0.29, 0.717) is 12.0 Å². The lowest BCUT2D eigenvalue weighted by Crippen LogP contribution is -2.06. The molecule has 0 aromatic heterocycles. The molecule has 0 amide bonds. The highest BCUT2D eigenvalue weighted by molar-refractivity contribution is 7.98. The fourth-order valence-electron chi connectivity index (χ4n) is 2.20. The van der Waals surface area contributed by atoms with Crippen molar-refractivity contribution < 1.29 is 0 Å². The standard InChI is InChI=1S/C12H17NS/c1-12(2)10(11(12)13)8-6-4-5-7-9(8)14-3/h4-7,10-11H,13H2,1-3H3. The van der Waals surface area contributed by atoms with Crippen LogP contribution in [0.4, 0.5) is 0 Å². The average molecular weight is 207 g/mol. The average Bonchev–Trinajstić information content (AvgIpc) is 2.66. The summed E-state index contributed by atoms with van der Waals surface area (Å²) in [6.07, 6.45) is 2.12. The van der Waals surface area contributed by atoms with Crippen LogP contribution in [0.5, 0.6) is 0 Å². The molecule has 2 N–H and O–H groups in total. The van der Waals surface area contributed by atoms with Crippen molar-refractivity contribution in [2.75, 3.05) is 6.26 Å². The van der Waals surface area contributed by atoms with Gasteiger partial charge in [-0.05, 0) is 23.3 Å². The molecule has 2 heteroatoms. The molecule has 0 radical (unpaired) electrons. The highest BCUT2D eigenvalue weighted by atomic mass is 32.2. The summed E-state index contributed by atoms with van der Waals surface area (Å²) in [5.41, 5.74) is 7.80. The summed E-state index contributed by atoms with van der Waals surface area (Å²) in [5, 5.41) is 0. The van der Waals surface area contributed by atoms with Gasteiger partial charge in [0.2, 0.25) is 0 Å². The molecule has 2 rings (SSSR count). The molecule has 1 nitrogen and oxygen atoms in total. The topological polar surface area (TPSA) is 26.0 Å². The van der Waals surface area contributed by atoms with Crippen molar-refractivity contribution in [3.8, 4) is 0 Å².